The maximum atomic E-state index is 13.3. The molecular formula is C23H20FN4. The molecule has 0 saturated carbocycles. The molecule has 0 aliphatic carbocycles. The molecule has 1 fully saturated rings. The monoisotopic (exact) mass is 371 g/mol. The van der Waals surface area contributed by atoms with Crippen LogP contribution in [0.25, 0.3) is 28.2 Å². The van der Waals surface area contributed by atoms with Crippen LogP contribution in [-0.2, 0) is 0 Å². The highest BCUT2D eigenvalue weighted by Crippen LogP contribution is 2.29. The number of rotatable bonds is 3. The van der Waals surface area contributed by atoms with Crippen LogP contribution in [-0.4, -0.2) is 27.7 Å². The third-order valence-corrected chi connectivity index (χ3v) is 5.39. The molecule has 1 aliphatic rings. The number of piperidine rings is 1. The van der Waals surface area contributed by atoms with E-state index in [0.29, 0.717) is 11.7 Å². The quantitative estimate of drug-likeness (QED) is 0.578. The Labute approximate surface area is 163 Å². The number of hydrogen-bond donors (Lipinski definition) is 1. The van der Waals surface area contributed by atoms with E-state index in [1.54, 1.807) is 16.6 Å². The van der Waals surface area contributed by atoms with Crippen LogP contribution in [0.3, 0.4) is 0 Å². The van der Waals surface area contributed by atoms with Gasteiger partial charge in [0.05, 0.1) is 0 Å². The Hall–Kier alpha value is -3.05. The summed E-state index contributed by atoms with van der Waals surface area (Å²) in [6.45, 7) is 2.12. The van der Waals surface area contributed by atoms with E-state index < -0.39 is 0 Å². The molecule has 0 spiro atoms. The Balaban J connectivity index is 1.55. The van der Waals surface area contributed by atoms with Crippen molar-refractivity contribution in [1.29, 1.82) is 0 Å². The zero-order valence-electron chi connectivity index (χ0n) is 15.4. The van der Waals surface area contributed by atoms with Crippen molar-refractivity contribution in [3.8, 4) is 22.5 Å². The van der Waals surface area contributed by atoms with Gasteiger partial charge in [0.2, 0.25) is 0 Å². The second kappa shape index (κ2) is 7.17. The van der Waals surface area contributed by atoms with Crippen molar-refractivity contribution in [2.45, 2.75) is 18.8 Å². The first-order valence-corrected chi connectivity index (χ1v) is 9.62. The minimum atomic E-state index is -0.248. The van der Waals surface area contributed by atoms with E-state index in [1.807, 2.05) is 24.4 Å². The standard InChI is InChI=1S/C23H20FN4/c24-20-8-6-17(7-9-20)21-5-2-14-28-23(21)26-22(27-28)19-4-1-3-18(15-19)16-10-12-25-13-11-16/h1-3,5-9,14-16,25H,10-13H2. The number of hydrogen-bond acceptors (Lipinski definition) is 3. The van der Waals surface area contributed by atoms with Crippen LogP contribution in [0.4, 0.5) is 4.39 Å². The number of nitrogens with one attached hydrogen (secondary N) is 1. The normalized spacial score (nSPS) is 15.2. The lowest BCUT2D eigenvalue weighted by atomic mass is 9.89. The van der Waals surface area contributed by atoms with E-state index in [4.69, 9.17) is 4.98 Å². The fourth-order valence-electron chi connectivity index (χ4n) is 3.90. The Morgan fingerprint density at radius 2 is 1.89 bits per heavy atom. The number of benzene rings is 2. The molecule has 4 nitrogen and oxygen atoms in total. The summed E-state index contributed by atoms with van der Waals surface area (Å²) in [5.74, 6) is 0.980. The molecule has 0 unspecified atom stereocenters. The molecule has 139 valence electrons. The highest BCUT2D eigenvalue weighted by Gasteiger charge is 2.17. The van der Waals surface area contributed by atoms with Crippen LogP contribution in [0, 0.1) is 11.9 Å². The molecule has 28 heavy (non-hydrogen) atoms. The third-order valence-electron chi connectivity index (χ3n) is 5.39. The Morgan fingerprint density at radius 1 is 1.07 bits per heavy atom. The lowest BCUT2D eigenvalue weighted by molar-refractivity contribution is 0.460. The van der Waals surface area contributed by atoms with Crippen molar-refractivity contribution in [3.05, 3.63) is 78.2 Å². The topological polar surface area (TPSA) is 42.2 Å². The Bertz CT molecular complexity index is 1110. The molecule has 5 rings (SSSR count). The van der Waals surface area contributed by atoms with Gasteiger partial charge in [-0.15, -0.1) is 5.10 Å². The van der Waals surface area contributed by atoms with Crippen LogP contribution >= 0.6 is 0 Å². The summed E-state index contributed by atoms with van der Waals surface area (Å²) in [6.07, 6.45) is 4.18. The van der Waals surface area contributed by atoms with E-state index in [1.165, 1.54) is 17.7 Å². The molecule has 4 aromatic rings. The van der Waals surface area contributed by atoms with Crippen molar-refractivity contribution in [3.63, 3.8) is 0 Å². The zero-order valence-corrected chi connectivity index (χ0v) is 15.4. The van der Waals surface area contributed by atoms with Gasteiger partial charge in [0.25, 0.3) is 0 Å². The zero-order chi connectivity index (χ0) is 18.9. The molecule has 0 atom stereocenters. The van der Waals surface area contributed by atoms with E-state index >= 15 is 0 Å². The summed E-state index contributed by atoms with van der Waals surface area (Å²) >= 11 is 0. The molecule has 1 aliphatic heterocycles. The van der Waals surface area contributed by atoms with Gasteiger partial charge in [-0.3, -0.25) is 0 Å². The first-order chi connectivity index (χ1) is 13.8. The van der Waals surface area contributed by atoms with Crippen molar-refractivity contribution >= 4 is 5.65 Å². The summed E-state index contributed by atoms with van der Waals surface area (Å²) in [4.78, 5) is 4.78. The van der Waals surface area contributed by atoms with Gasteiger partial charge in [-0.1, -0.05) is 24.3 Å². The number of aromatic nitrogens is 3. The van der Waals surface area contributed by atoms with Crippen LogP contribution in [0.15, 0.2) is 60.8 Å². The summed E-state index contributed by atoms with van der Waals surface area (Å²) in [7, 11) is 0. The number of pyridine rings is 1. The highest BCUT2D eigenvalue weighted by atomic mass is 19.1. The summed E-state index contributed by atoms with van der Waals surface area (Å²) < 4.78 is 15.1. The largest absolute Gasteiger partial charge is 0.317 e. The maximum Gasteiger partial charge on any atom is 0.182 e. The van der Waals surface area contributed by atoms with Crippen molar-refractivity contribution in [2.24, 2.45) is 0 Å². The lowest BCUT2D eigenvalue weighted by Gasteiger charge is -2.23. The Kier molecular flexibility index (Phi) is 4.37. The van der Waals surface area contributed by atoms with Crippen LogP contribution in [0.1, 0.15) is 24.3 Å². The third kappa shape index (κ3) is 3.18. The van der Waals surface area contributed by atoms with E-state index in [2.05, 4.69) is 28.6 Å². The lowest BCUT2D eigenvalue weighted by Crippen LogP contribution is -2.26. The number of nitrogens with zero attached hydrogens (tertiary/aromatic N) is 3. The summed E-state index contributed by atoms with van der Waals surface area (Å²) in [5.41, 5.74) is 4.83. The fourth-order valence-corrected chi connectivity index (χ4v) is 3.90. The fraction of sp³-hybridized carbons (Fsp3) is 0.217. The molecule has 5 heteroatoms. The maximum absolute atomic E-state index is 13.3. The molecule has 0 amide bonds. The minimum Gasteiger partial charge on any atom is -0.317 e. The molecule has 3 heterocycles. The predicted molar refractivity (Wildman–Crippen MR) is 107 cm³/mol. The molecule has 1 radical (unpaired) electrons. The average Bonchev–Trinajstić information content (AvgIpc) is 3.20. The SMILES string of the molecule is Fc1ccc(-c2cccn3nc(-c4[c]ccc(C5CCNCC5)c4)nc23)cc1. The Morgan fingerprint density at radius 3 is 2.71 bits per heavy atom. The predicted octanol–water partition coefficient (Wildman–Crippen LogP) is 4.47. The van der Waals surface area contributed by atoms with Crippen LogP contribution < -0.4 is 5.32 Å². The molecule has 2 aromatic heterocycles. The number of halogens is 1. The molecule has 1 N–H and O–H groups in total. The smallest absolute Gasteiger partial charge is 0.182 e. The first kappa shape index (κ1) is 17.1. The van der Waals surface area contributed by atoms with Gasteiger partial charge in [-0.2, -0.15) is 0 Å². The average molecular weight is 371 g/mol. The second-order valence-electron chi connectivity index (χ2n) is 7.19. The van der Waals surface area contributed by atoms with Crippen molar-refractivity contribution in [1.82, 2.24) is 19.9 Å². The van der Waals surface area contributed by atoms with Gasteiger partial charge in [0.1, 0.15) is 5.82 Å². The van der Waals surface area contributed by atoms with Gasteiger partial charge >= 0.3 is 0 Å². The van der Waals surface area contributed by atoms with Gasteiger partial charge in [-0.05, 0) is 79.4 Å². The molecular weight excluding hydrogens is 351 g/mol. The second-order valence-corrected chi connectivity index (χ2v) is 7.19. The van der Waals surface area contributed by atoms with Crippen LogP contribution in [0.2, 0.25) is 0 Å². The van der Waals surface area contributed by atoms with Crippen molar-refractivity contribution in [2.75, 3.05) is 13.1 Å². The van der Waals surface area contributed by atoms with Gasteiger partial charge in [0, 0.05) is 17.3 Å². The first-order valence-electron chi connectivity index (χ1n) is 9.62. The van der Waals surface area contributed by atoms with E-state index in [0.717, 1.165) is 48.3 Å². The summed E-state index contributed by atoms with van der Waals surface area (Å²) in [5, 5.41) is 8.08. The minimum absolute atomic E-state index is 0.248. The highest BCUT2D eigenvalue weighted by molar-refractivity contribution is 5.78. The van der Waals surface area contributed by atoms with E-state index in [-0.39, 0.29) is 5.82 Å². The van der Waals surface area contributed by atoms with Gasteiger partial charge in [0.15, 0.2) is 11.5 Å². The molecule has 0 bridgehead atoms. The van der Waals surface area contributed by atoms with Gasteiger partial charge < -0.3 is 5.32 Å². The summed E-state index contributed by atoms with van der Waals surface area (Å²) in [6, 6.07) is 20.0. The van der Waals surface area contributed by atoms with E-state index in [9.17, 15) is 4.39 Å². The number of fused-ring (bicyclic) bond motifs is 1. The molecule has 1 saturated heterocycles. The van der Waals surface area contributed by atoms with Gasteiger partial charge in [-0.25, -0.2) is 13.9 Å². The molecule has 2 aromatic carbocycles. The van der Waals surface area contributed by atoms with Crippen molar-refractivity contribution < 1.29 is 4.39 Å². The van der Waals surface area contributed by atoms with Crippen LogP contribution in [0.5, 0.6) is 0 Å².